The van der Waals surface area contributed by atoms with Crippen LogP contribution in [0.15, 0.2) is 42.7 Å². The number of carbonyl (C=O) groups is 1. The molecule has 120 valence electrons. The maximum atomic E-state index is 12.1. The first kappa shape index (κ1) is 16.4. The fourth-order valence-electron chi connectivity index (χ4n) is 2.84. The second-order valence-corrected chi connectivity index (χ2v) is 5.78. The van der Waals surface area contributed by atoms with Crippen molar-refractivity contribution in [2.24, 2.45) is 5.92 Å². The number of carbonyl (C=O) groups excluding carboxylic acids is 1. The first-order valence-corrected chi connectivity index (χ1v) is 7.83. The second kappa shape index (κ2) is 8.47. The summed E-state index contributed by atoms with van der Waals surface area (Å²) >= 11 is 0. The highest BCUT2D eigenvalue weighted by Gasteiger charge is 2.26. The maximum Gasteiger partial charge on any atom is 0.410 e. The van der Waals surface area contributed by atoms with Crippen LogP contribution in [0.25, 0.3) is 0 Å². The second-order valence-electron chi connectivity index (χ2n) is 5.78. The average molecular weight is 303 g/mol. The van der Waals surface area contributed by atoms with Crippen LogP contribution in [0, 0.1) is 5.92 Å². The molecule has 1 aromatic rings. The van der Waals surface area contributed by atoms with Gasteiger partial charge < -0.3 is 14.4 Å². The van der Waals surface area contributed by atoms with Crippen molar-refractivity contribution in [2.75, 3.05) is 14.2 Å². The molecular weight excluding hydrogens is 278 g/mol. The van der Waals surface area contributed by atoms with Crippen LogP contribution in [0.2, 0.25) is 0 Å². The van der Waals surface area contributed by atoms with Gasteiger partial charge in [0.15, 0.2) is 0 Å². The van der Waals surface area contributed by atoms with Gasteiger partial charge in [-0.05, 0) is 43.2 Å². The predicted molar refractivity (Wildman–Crippen MR) is 86.3 cm³/mol. The standard InChI is InChI=1S/C18H25NO3/c1-19(17-10-8-15(9-11-17)12-13-21-2)18(20)22-14-16-6-4-3-5-7-16/h3-7,12-13,15,17H,8-11,14H2,1-2H3/b13-12+/t15-,17-. The predicted octanol–water partition coefficient (Wildman–Crippen LogP) is 3.97. The summed E-state index contributed by atoms with van der Waals surface area (Å²) in [4.78, 5) is 13.9. The van der Waals surface area contributed by atoms with Gasteiger partial charge in [0.25, 0.3) is 0 Å². The van der Waals surface area contributed by atoms with E-state index in [0.717, 1.165) is 31.2 Å². The Labute approximate surface area is 132 Å². The van der Waals surface area contributed by atoms with Gasteiger partial charge in [-0.15, -0.1) is 0 Å². The Kier molecular flexibility index (Phi) is 6.31. The third kappa shape index (κ3) is 4.79. The van der Waals surface area contributed by atoms with Gasteiger partial charge in [0.05, 0.1) is 13.4 Å². The molecule has 0 spiro atoms. The molecule has 0 heterocycles. The van der Waals surface area contributed by atoms with E-state index in [2.05, 4.69) is 6.08 Å². The molecule has 0 bridgehead atoms. The van der Waals surface area contributed by atoms with Crippen molar-refractivity contribution in [1.82, 2.24) is 4.90 Å². The lowest BCUT2D eigenvalue weighted by Gasteiger charge is -2.33. The average Bonchev–Trinajstić information content (AvgIpc) is 2.58. The van der Waals surface area contributed by atoms with E-state index in [-0.39, 0.29) is 12.1 Å². The van der Waals surface area contributed by atoms with Crippen LogP contribution >= 0.6 is 0 Å². The van der Waals surface area contributed by atoms with Gasteiger partial charge in [-0.3, -0.25) is 0 Å². The smallest absolute Gasteiger partial charge is 0.410 e. The number of rotatable bonds is 5. The van der Waals surface area contributed by atoms with E-state index < -0.39 is 0 Å². The molecule has 0 aromatic heterocycles. The lowest BCUT2D eigenvalue weighted by Crippen LogP contribution is -2.39. The Morgan fingerprint density at radius 3 is 2.55 bits per heavy atom. The molecule has 0 atom stereocenters. The summed E-state index contributed by atoms with van der Waals surface area (Å²) in [5.41, 5.74) is 1.01. The third-order valence-electron chi connectivity index (χ3n) is 4.27. The molecule has 0 unspecified atom stereocenters. The lowest BCUT2D eigenvalue weighted by atomic mass is 9.85. The van der Waals surface area contributed by atoms with E-state index in [1.165, 1.54) is 0 Å². The first-order valence-electron chi connectivity index (χ1n) is 7.83. The molecule has 0 radical (unpaired) electrons. The van der Waals surface area contributed by atoms with Crippen LogP contribution in [0.3, 0.4) is 0 Å². The Morgan fingerprint density at radius 1 is 1.23 bits per heavy atom. The summed E-state index contributed by atoms with van der Waals surface area (Å²) in [5, 5.41) is 0. The number of allylic oxidation sites excluding steroid dienone is 1. The molecule has 1 amide bonds. The van der Waals surface area contributed by atoms with E-state index in [1.54, 1.807) is 18.3 Å². The fraction of sp³-hybridized carbons (Fsp3) is 0.500. The molecule has 22 heavy (non-hydrogen) atoms. The number of methoxy groups -OCH3 is 1. The lowest BCUT2D eigenvalue weighted by molar-refractivity contribution is 0.0810. The highest BCUT2D eigenvalue weighted by atomic mass is 16.6. The van der Waals surface area contributed by atoms with E-state index in [9.17, 15) is 4.79 Å². The van der Waals surface area contributed by atoms with Gasteiger partial charge in [0.2, 0.25) is 0 Å². The number of hydrogen-bond donors (Lipinski definition) is 0. The summed E-state index contributed by atoms with van der Waals surface area (Å²) in [6, 6.07) is 10.0. The largest absolute Gasteiger partial charge is 0.505 e. The molecule has 4 heteroatoms. The molecule has 1 aliphatic carbocycles. The van der Waals surface area contributed by atoms with Crippen molar-refractivity contribution in [3.8, 4) is 0 Å². The minimum absolute atomic E-state index is 0.236. The molecule has 1 fully saturated rings. The number of hydrogen-bond acceptors (Lipinski definition) is 3. The zero-order valence-electron chi connectivity index (χ0n) is 13.4. The molecule has 0 saturated heterocycles. The van der Waals surface area contributed by atoms with E-state index >= 15 is 0 Å². The van der Waals surface area contributed by atoms with Crippen LogP contribution in [0.5, 0.6) is 0 Å². The summed E-state index contributed by atoms with van der Waals surface area (Å²) in [6.45, 7) is 0.329. The fourth-order valence-corrected chi connectivity index (χ4v) is 2.84. The van der Waals surface area contributed by atoms with Crippen molar-refractivity contribution >= 4 is 6.09 Å². The molecule has 0 aliphatic heterocycles. The zero-order valence-corrected chi connectivity index (χ0v) is 13.4. The number of ether oxygens (including phenoxy) is 2. The van der Waals surface area contributed by atoms with Crippen LogP contribution < -0.4 is 0 Å². The molecule has 1 saturated carbocycles. The van der Waals surface area contributed by atoms with Gasteiger partial charge in [-0.2, -0.15) is 0 Å². The highest BCUT2D eigenvalue weighted by molar-refractivity contribution is 5.67. The monoisotopic (exact) mass is 303 g/mol. The van der Waals surface area contributed by atoms with Gasteiger partial charge >= 0.3 is 6.09 Å². The van der Waals surface area contributed by atoms with Crippen molar-refractivity contribution in [3.05, 3.63) is 48.2 Å². The third-order valence-corrected chi connectivity index (χ3v) is 4.27. The topological polar surface area (TPSA) is 38.8 Å². The minimum atomic E-state index is -0.236. The van der Waals surface area contributed by atoms with Crippen LogP contribution in [0.4, 0.5) is 4.79 Å². The Hall–Kier alpha value is -1.97. The zero-order chi connectivity index (χ0) is 15.8. The van der Waals surface area contributed by atoms with E-state index in [4.69, 9.17) is 9.47 Å². The molecule has 1 aromatic carbocycles. The van der Waals surface area contributed by atoms with Gasteiger partial charge in [-0.1, -0.05) is 30.3 Å². The first-order chi connectivity index (χ1) is 10.7. The van der Waals surface area contributed by atoms with Crippen molar-refractivity contribution in [3.63, 3.8) is 0 Å². The summed E-state index contributed by atoms with van der Waals surface area (Å²) in [5.74, 6) is 0.560. The maximum absolute atomic E-state index is 12.1. The van der Waals surface area contributed by atoms with Gasteiger partial charge in [-0.25, -0.2) is 4.79 Å². The van der Waals surface area contributed by atoms with Crippen LogP contribution in [0.1, 0.15) is 31.2 Å². The van der Waals surface area contributed by atoms with Crippen LogP contribution in [-0.2, 0) is 16.1 Å². The number of nitrogens with zero attached hydrogens (tertiary/aromatic N) is 1. The summed E-state index contributed by atoms with van der Waals surface area (Å²) in [6.07, 6.45) is 7.82. The van der Waals surface area contributed by atoms with E-state index in [1.807, 2.05) is 37.4 Å². The minimum Gasteiger partial charge on any atom is -0.505 e. The molecule has 4 nitrogen and oxygen atoms in total. The molecule has 0 N–H and O–H groups in total. The molecular formula is C18H25NO3. The summed E-state index contributed by atoms with van der Waals surface area (Å²) < 4.78 is 10.4. The molecule has 2 rings (SSSR count). The van der Waals surface area contributed by atoms with Crippen LogP contribution in [-0.4, -0.2) is 31.2 Å². The highest BCUT2D eigenvalue weighted by Crippen LogP contribution is 2.28. The Balaban J connectivity index is 1.76. The van der Waals surface area contributed by atoms with Gasteiger partial charge in [0.1, 0.15) is 6.61 Å². The summed E-state index contributed by atoms with van der Waals surface area (Å²) in [7, 11) is 3.50. The molecule has 1 aliphatic rings. The van der Waals surface area contributed by atoms with Crippen molar-refractivity contribution in [1.29, 1.82) is 0 Å². The number of benzene rings is 1. The quantitative estimate of drug-likeness (QED) is 0.772. The SMILES string of the molecule is CO/C=C/[C@H]1CC[C@H](N(C)C(=O)OCc2ccccc2)CC1. The van der Waals surface area contributed by atoms with Gasteiger partial charge in [0, 0.05) is 13.1 Å². The van der Waals surface area contributed by atoms with Crippen molar-refractivity contribution < 1.29 is 14.3 Å². The van der Waals surface area contributed by atoms with Crippen molar-refractivity contribution in [2.45, 2.75) is 38.3 Å². The number of amides is 1. The Morgan fingerprint density at radius 2 is 1.91 bits per heavy atom. The Bertz CT molecular complexity index is 478. The van der Waals surface area contributed by atoms with E-state index in [0.29, 0.717) is 12.5 Å². The normalized spacial score (nSPS) is 21.5.